The van der Waals surface area contributed by atoms with Gasteiger partial charge in [-0.2, -0.15) is 4.98 Å². The van der Waals surface area contributed by atoms with E-state index in [1.54, 1.807) is 6.20 Å². The van der Waals surface area contributed by atoms with Crippen molar-refractivity contribution in [3.05, 3.63) is 35.0 Å². The number of carbonyl (C=O) groups is 1. The highest BCUT2D eigenvalue weighted by molar-refractivity contribution is 6.33. The van der Waals surface area contributed by atoms with Crippen LogP contribution in [0.3, 0.4) is 0 Å². The van der Waals surface area contributed by atoms with Crippen LogP contribution < -0.4 is 16.4 Å². The molecule has 2 fully saturated rings. The van der Waals surface area contributed by atoms with E-state index >= 15 is 0 Å². The minimum atomic E-state index is -0.838. The number of nitrogens with zero attached hydrogens (tertiary/aromatic N) is 4. The quantitative estimate of drug-likeness (QED) is 0.410. The lowest BCUT2D eigenvalue weighted by atomic mass is 9.73. The van der Waals surface area contributed by atoms with E-state index in [1.165, 1.54) is 0 Å². The summed E-state index contributed by atoms with van der Waals surface area (Å²) >= 11 is 6.16. The average molecular weight is 534 g/mol. The number of halogens is 3. The van der Waals surface area contributed by atoms with Gasteiger partial charge in [-0.3, -0.25) is 9.36 Å². The molecule has 2 atom stereocenters. The second-order valence-electron chi connectivity index (χ2n) is 10.3. The molecule has 0 spiro atoms. The van der Waals surface area contributed by atoms with E-state index in [9.17, 15) is 13.6 Å². The Balaban J connectivity index is 1.54. The first-order chi connectivity index (χ1) is 17.6. The number of fused-ring (bicyclic) bond motifs is 1. The first kappa shape index (κ1) is 25.6. The minimum absolute atomic E-state index is 0.0836. The summed E-state index contributed by atoms with van der Waals surface area (Å²) in [5.74, 6) is -0.870. The molecule has 12 heteroatoms. The SMILES string of the molecule is C[C@@H]1COCC[C@H]1Nc1ncc2nc(Nc3c(F)cc(F)cc3Cl)n(C3CCC(C)(C(N)=O)CC3)c2n1. The summed E-state index contributed by atoms with van der Waals surface area (Å²) in [6.07, 6.45) is 4.92. The number of primary amides is 1. The van der Waals surface area contributed by atoms with Gasteiger partial charge in [-0.1, -0.05) is 25.4 Å². The topological polar surface area (TPSA) is 120 Å². The van der Waals surface area contributed by atoms with Crippen molar-refractivity contribution < 1.29 is 18.3 Å². The zero-order valence-corrected chi connectivity index (χ0v) is 21.5. The highest BCUT2D eigenvalue weighted by Gasteiger charge is 2.38. The summed E-state index contributed by atoms with van der Waals surface area (Å²) in [7, 11) is 0. The molecule has 1 saturated heterocycles. The van der Waals surface area contributed by atoms with Crippen molar-refractivity contribution in [2.75, 3.05) is 23.8 Å². The Morgan fingerprint density at radius 2 is 2.00 bits per heavy atom. The number of amides is 1. The Morgan fingerprint density at radius 1 is 1.24 bits per heavy atom. The summed E-state index contributed by atoms with van der Waals surface area (Å²) in [5.41, 5.74) is 6.06. The minimum Gasteiger partial charge on any atom is -0.381 e. The highest BCUT2D eigenvalue weighted by Crippen LogP contribution is 2.43. The number of carbonyl (C=O) groups excluding carboxylic acids is 1. The normalized spacial score (nSPS) is 26.2. The third kappa shape index (κ3) is 5.06. The number of anilines is 3. The molecule has 0 bridgehead atoms. The van der Waals surface area contributed by atoms with Crippen LogP contribution in [0.5, 0.6) is 0 Å². The number of benzene rings is 1. The smallest absolute Gasteiger partial charge is 0.224 e. The molecule has 1 amide bonds. The van der Waals surface area contributed by atoms with Crippen LogP contribution in [0.2, 0.25) is 5.02 Å². The molecule has 9 nitrogen and oxygen atoms in total. The Morgan fingerprint density at radius 3 is 2.68 bits per heavy atom. The molecule has 3 heterocycles. The lowest BCUT2D eigenvalue weighted by Gasteiger charge is -2.35. The molecule has 5 rings (SSSR count). The number of hydrogen-bond acceptors (Lipinski definition) is 7. The Labute approximate surface area is 218 Å². The summed E-state index contributed by atoms with van der Waals surface area (Å²) in [6, 6.07) is 1.87. The summed E-state index contributed by atoms with van der Waals surface area (Å²) in [5, 5.41) is 6.26. The zero-order chi connectivity index (χ0) is 26.3. The summed E-state index contributed by atoms with van der Waals surface area (Å²) in [4.78, 5) is 25.9. The Bertz CT molecular complexity index is 1300. The first-order valence-corrected chi connectivity index (χ1v) is 12.8. The Hall–Kier alpha value is -3.05. The van der Waals surface area contributed by atoms with Gasteiger partial charge in [-0.25, -0.2) is 18.7 Å². The van der Waals surface area contributed by atoms with E-state index < -0.39 is 17.0 Å². The molecule has 4 N–H and O–H groups in total. The second kappa shape index (κ2) is 10.0. The Kier molecular flexibility index (Phi) is 6.93. The third-order valence-electron chi connectivity index (χ3n) is 7.65. The molecule has 1 aromatic carbocycles. The molecule has 2 aliphatic rings. The van der Waals surface area contributed by atoms with Crippen molar-refractivity contribution in [3.8, 4) is 0 Å². The van der Waals surface area contributed by atoms with Crippen molar-refractivity contribution in [3.63, 3.8) is 0 Å². The fourth-order valence-electron chi connectivity index (χ4n) is 5.17. The first-order valence-electron chi connectivity index (χ1n) is 12.5. The largest absolute Gasteiger partial charge is 0.381 e. The maximum absolute atomic E-state index is 14.7. The fourth-order valence-corrected chi connectivity index (χ4v) is 5.41. The van der Waals surface area contributed by atoms with Crippen molar-refractivity contribution in [2.45, 2.75) is 58.0 Å². The van der Waals surface area contributed by atoms with Crippen LogP contribution in [0.1, 0.15) is 52.0 Å². The molecular formula is C25H30ClF2N7O2. The number of nitrogens with one attached hydrogen (secondary N) is 2. The maximum Gasteiger partial charge on any atom is 0.224 e. The molecule has 1 aliphatic heterocycles. The van der Waals surface area contributed by atoms with E-state index in [0.29, 0.717) is 67.9 Å². The van der Waals surface area contributed by atoms with Crippen LogP contribution in [0.25, 0.3) is 11.2 Å². The van der Waals surface area contributed by atoms with Crippen LogP contribution in [0.4, 0.5) is 26.4 Å². The van der Waals surface area contributed by atoms with E-state index in [0.717, 1.165) is 18.6 Å². The number of rotatable bonds is 6. The number of nitrogens with two attached hydrogens (primary N) is 1. The van der Waals surface area contributed by atoms with Crippen LogP contribution >= 0.6 is 11.6 Å². The number of imidazole rings is 1. The molecular weight excluding hydrogens is 504 g/mol. The van der Waals surface area contributed by atoms with E-state index in [4.69, 9.17) is 27.1 Å². The van der Waals surface area contributed by atoms with Crippen molar-refractivity contribution >= 4 is 46.3 Å². The molecule has 198 valence electrons. The van der Waals surface area contributed by atoms with Gasteiger partial charge in [-0.05, 0) is 44.1 Å². The molecule has 3 aromatic rings. The van der Waals surface area contributed by atoms with Gasteiger partial charge in [0.1, 0.15) is 11.3 Å². The van der Waals surface area contributed by atoms with E-state index in [2.05, 4.69) is 27.5 Å². The van der Waals surface area contributed by atoms with Crippen LogP contribution in [0.15, 0.2) is 18.3 Å². The summed E-state index contributed by atoms with van der Waals surface area (Å²) in [6.45, 7) is 5.32. The van der Waals surface area contributed by atoms with Gasteiger partial charge < -0.3 is 21.1 Å². The lowest BCUT2D eigenvalue weighted by Crippen LogP contribution is -2.38. The number of ether oxygens (including phenoxy) is 1. The van der Waals surface area contributed by atoms with Crippen LogP contribution in [-0.2, 0) is 9.53 Å². The van der Waals surface area contributed by atoms with Gasteiger partial charge in [0.15, 0.2) is 11.5 Å². The van der Waals surface area contributed by atoms with E-state index in [-0.39, 0.29) is 28.7 Å². The summed E-state index contributed by atoms with van der Waals surface area (Å²) < 4.78 is 35.7. The van der Waals surface area contributed by atoms with E-state index in [1.807, 2.05) is 11.5 Å². The van der Waals surface area contributed by atoms with Gasteiger partial charge in [-0.15, -0.1) is 0 Å². The molecule has 37 heavy (non-hydrogen) atoms. The lowest BCUT2D eigenvalue weighted by molar-refractivity contribution is -0.128. The van der Waals surface area contributed by atoms with Gasteiger partial charge in [0.2, 0.25) is 17.8 Å². The predicted molar refractivity (Wildman–Crippen MR) is 137 cm³/mol. The molecule has 2 aromatic heterocycles. The fraction of sp³-hybridized carbons (Fsp3) is 0.520. The predicted octanol–water partition coefficient (Wildman–Crippen LogP) is 4.95. The number of aromatic nitrogens is 4. The van der Waals surface area contributed by atoms with Crippen molar-refractivity contribution in [1.29, 1.82) is 0 Å². The van der Waals surface area contributed by atoms with Gasteiger partial charge in [0.05, 0.1) is 23.5 Å². The van der Waals surface area contributed by atoms with Crippen molar-refractivity contribution in [1.82, 2.24) is 19.5 Å². The molecule has 0 unspecified atom stereocenters. The maximum atomic E-state index is 14.7. The van der Waals surface area contributed by atoms with Gasteiger partial charge in [0, 0.05) is 30.2 Å². The standard InChI is InChI=1S/C25H30ClF2N7O2/c1-13-12-37-8-5-18(13)31-23-30-11-19-21(34-23)35(15-3-6-25(2,7-4-15)22(29)36)24(32-19)33-20-16(26)9-14(27)10-17(20)28/h9-11,13,15,18H,3-8,12H2,1-2H3,(H2,29,36)(H,32,33)(H,30,31,34)/t13-,15?,18-,25?/m1/s1. The number of hydrogen-bond donors (Lipinski definition) is 3. The molecule has 1 aliphatic carbocycles. The van der Waals surface area contributed by atoms with Crippen LogP contribution in [0, 0.1) is 23.0 Å². The third-order valence-corrected chi connectivity index (χ3v) is 7.95. The van der Waals surface area contributed by atoms with Crippen molar-refractivity contribution in [2.24, 2.45) is 17.1 Å². The van der Waals surface area contributed by atoms with Gasteiger partial charge in [0.25, 0.3) is 0 Å². The highest BCUT2D eigenvalue weighted by atomic mass is 35.5. The average Bonchev–Trinajstić information content (AvgIpc) is 3.20. The molecule has 0 radical (unpaired) electrons. The van der Waals surface area contributed by atoms with Crippen LogP contribution in [-0.4, -0.2) is 44.7 Å². The molecule has 1 saturated carbocycles. The monoisotopic (exact) mass is 533 g/mol. The second-order valence-corrected chi connectivity index (χ2v) is 10.7. The van der Waals surface area contributed by atoms with Gasteiger partial charge >= 0.3 is 0 Å². The zero-order valence-electron chi connectivity index (χ0n) is 20.7.